The van der Waals surface area contributed by atoms with Crippen LogP contribution in [0.3, 0.4) is 0 Å². The second-order valence-corrected chi connectivity index (χ2v) is 5.73. The van der Waals surface area contributed by atoms with E-state index < -0.39 is 17.1 Å². The maximum Gasteiger partial charge on any atom is 0.330 e. The molecule has 1 aromatic carbocycles. The van der Waals surface area contributed by atoms with E-state index >= 15 is 0 Å². The number of ether oxygens (including phenoxy) is 2. The average molecular weight is 249 g/mol. The van der Waals surface area contributed by atoms with Crippen molar-refractivity contribution in [2.24, 2.45) is 5.73 Å². The van der Waals surface area contributed by atoms with Gasteiger partial charge in [-0.15, -0.1) is 0 Å². The van der Waals surface area contributed by atoms with Gasteiger partial charge in [-0.05, 0) is 32.4 Å². The van der Waals surface area contributed by atoms with Crippen molar-refractivity contribution in [1.29, 1.82) is 0 Å². The van der Waals surface area contributed by atoms with Gasteiger partial charge in [0.25, 0.3) is 0 Å². The minimum absolute atomic E-state index is 0.152. The maximum atomic E-state index is 12.1. The second-order valence-electron chi connectivity index (χ2n) is 5.73. The summed E-state index contributed by atoms with van der Waals surface area (Å²) in [5, 5.41) is 0. The number of esters is 1. The molecule has 0 aliphatic carbocycles. The zero-order chi connectivity index (χ0) is 13.4. The van der Waals surface area contributed by atoms with Crippen molar-refractivity contribution in [1.82, 2.24) is 0 Å². The molecular weight excluding hydrogens is 230 g/mol. The number of para-hydroxylation sites is 1. The monoisotopic (exact) mass is 249 g/mol. The summed E-state index contributed by atoms with van der Waals surface area (Å²) in [6.07, 6.45) is 0.443. The minimum Gasteiger partial charge on any atom is -0.491 e. The summed E-state index contributed by atoms with van der Waals surface area (Å²) in [6, 6.07) is 7.60. The van der Waals surface area contributed by atoms with Crippen LogP contribution < -0.4 is 10.5 Å². The van der Waals surface area contributed by atoms with Gasteiger partial charge < -0.3 is 15.2 Å². The molecule has 98 valence electrons. The zero-order valence-corrected chi connectivity index (χ0v) is 11.0. The number of benzene rings is 1. The number of fused-ring (bicyclic) bond motifs is 1. The van der Waals surface area contributed by atoms with E-state index in [9.17, 15) is 4.79 Å². The lowest BCUT2D eigenvalue weighted by molar-refractivity contribution is -0.163. The molecule has 0 spiro atoms. The first-order valence-corrected chi connectivity index (χ1v) is 6.03. The lowest BCUT2D eigenvalue weighted by Crippen LogP contribution is -2.58. The van der Waals surface area contributed by atoms with Crippen LogP contribution in [0.25, 0.3) is 0 Å². The van der Waals surface area contributed by atoms with E-state index in [-0.39, 0.29) is 6.61 Å². The molecule has 0 bridgehead atoms. The number of hydrogen-bond acceptors (Lipinski definition) is 4. The van der Waals surface area contributed by atoms with Gasteiger partial charge in [-0.1, -0.05) is 18.2 Å². The molecular formula is C14H19NO3. The summed E-state index contributed by atoms with van der Waals surface area (Å²) in [5.41, 5.74) is 5.43. The first-order valence-electron chi connectivity index (χ1n) is 6.03. The largest absolute Gasteiger partial charge is 0.491 e. The fraction of sp³-hybridized carbons (Fsp3) is 0.500. The van der Waals surface area contributed by atoms with Crippen LogP contribution in [0.5, 0.6) is 5.75 Å². The lowest BCUT2D eigenvalue weighted by atomic mass is 9.90. The Morgan fingerprint density at radius 3 is 2.72 bits per heavy atom. The molecule has 0 saturated carbocycles. The standard InChI is InChI=1S/C14H19NO3/c1-13(2,3)18-12(16)14(15)8-10-6-4-5-7-11(10)17-9-14/h4-7H,8-9,15H2,1-3H3. The molecule has 0 saturated heterocycles. The summed E-state index contributed by atoms with van der Waals surface area (Å²) in [5.74, 6) is 0.381. The Kier molecular flexibility index (Phi) is 3.07. The molecule has 0 fully saturated rings. The predicted molar refractivity (Wildman–Crippen MR) is 68.4 cm³/mol. The van der Waals surface area contributed by atoms with Crippen LogP contribution in [-0.4, -0.2) is 23.7 Å². The number of nitrogens with two attached hydrogens (primary N) is 1. The third-order valence-electron chi connectivity index (χ3n) is 2.77. The molecule has 4 heteroatoms. The first kappa shape index (κ1) is 12.9. The van der Waals surface area contributed by atoms with Crippen LogP contribution in [0.15, 0.2) is 24.3 Å². The molecule has 1 aliphatic heterocycles. The Morgan fingerprint density at radius 1 is 1.39 bits per heavy atom. The molecule has 1 aliphatic rings. The van der Waals surface area contributed by atoms with Crippen molar-refractivity contribution >= 4 is 5.97 Å². The first-order chi connectivity index (χ1) is 8.30. The van der Waals surface area contributed by atoms with Crippen molar-refractivity contribution in [3.05, 3.63) is 29.8 Å². The third-order valence-corrected chi connectivity index (χ3v) is 2.77. The predicted octanol–water partition coefficient (Wildman–Crippen LogP) is 1.66. The zero-order valence-electron chi connectivity index (χ0n) is 11.0. The van der Waals surface area contributed by atoms with Crippen LogP contribution in [0.4, 0.5) is 0 Å². The van der Waals surface area contributed by atoms with Crippen LogP contribution in [0.1, 0.15) is 26.3 Å². The molecule has 0 amide bonds. The molecule has 2 rings (SSSR count). The van der Waals surface area contributed by atoms with E-state index in [1.54, 1.807) is 0 Å². The van der Waals surface area contributed by atoms with Crippen LogP contribution in [0, 0.1) is 0 Å². The van der Waals surface area contributed by atoms with E-state index in [1.807, 2.05) is 45.0 Å². The molecule has 1 atom stereocenters. The van der Waals surface area contributed by atoms with E-state index in [1.165, 1.54) is 0 Å². The van der Waals surface area contributed by atoms with Gasteiger partial charge in [0.2, 0.25) is 0 Å². The fourth-order valence-electron chi connectivity index (χ4n) is 1.90. The molecule has 1 unspecified atom stereocenters. The molecule has 2 N–H and O–H groups in total. The van der Waals surface area contributed by atoms with Gasteiger partial charge in [0.05, 0.1) is 0 Å². The van der Waals surface area contributed by atoms with Crippen molar-refractivity contribution in [2.45, 2.75) is 38.3 Å². The normalized spacial score (nSPS) is 22.9. The summed E-state index contributed by atoms with van der Waals surface area (Å²) in [6.45, 7) is 5.63. The second kappa shape index (κ2) is 4.28. The molecule has 0 radical (unpaired) electrons. The van der Waals surface area contributed by atoms with E-state index in [0.717, 1.165) is 11.3 Å². The van der Waals surface area contributed by atoms with E-state index in [0.29, 0.717) is 6.42 Å². The summed E-state index contributed by atoms with van der Waals surface area (Å²) in [4.78, 5) is 12.1. The van der Waals surface area contributed by atoms with Crippen LogP contribution in [-0.2, 0) is 16.0 Å². The highest BCUT2D eigenvalue weighted by Gasteiger charge is 2.42. The summed E-state index contributed by atoms with van der Waals surface area (Å²) >= 11 is 0. The summed E-state index contributed by atoms with van der Waals surface area (Å²) < 4.78 is 10.9. The van der Waals surface area contributed by atoms with Crippen molar-refractivity contribution in [2.75, 3.05) is 6.61 Å². The minimum atomic E-state index is -1.10. The highest BCUT2D eigenvalue weighted by molar-refractivity contribution is 5.82. The van der Waals surface area contributed by atoms with Gasteiger partial charge in [0, 0.05) is 6.42 Å². The van der Waals surface area contributed by atoms with Gasteiger partial charge in [-0.3, -0.25) is 0 Å². The Hall–Kier alpha value is -1.55. The number of hydrogen-bond donors (Lipinski definition) is 1. The molecule has 0 aromatic heterocycles. The van der Waals surface area contributed by atoms with Gasteiger partial charge in [-0.25, -0.2) is 4.79 Å². The Balaban J connectivity index is 2.18. The SMILES string of the molecule is CC(C)(C)OC(=O)C1(N)COc2ccccc2C1. The van der Waals surface area contributed by atoms with Crippen molar-refractivity contribution < 1.29 is 14.3 Å². The molecule has 1 heterocycles. The average Bonchev–Trinajstić information content (AvgIpc) is 2.26. The van der Waals surface area contributed by atoms with Gasteiger partial charge >= 0.3 is 5.97 Å². The molecule has 4 nitrogen and oxygen atoms in total. The number of carbonyl (C=O) groups excluding carboxylic acids is 1. The van der Waals surface area contributed by atoms with E-state index in [4.69, 9.17) is 15.2 Å². The smallest absolute Gasteiger partial charge is 0.330 e. The van der Waals surface area contributed by atoms with Crippen molar-refractivity contribution in [3.63, 3.8) is 0 Å². The van der Waals surface area contributed by atoms with Gasteiger partial charge in [0.15, 0.2) is 5.54 Å². The number of rotatable bonds is 1. The fourth-order valence-corrected chi connectivity index (χ4v) is 1.90. The van der Waals surface area contributed by atoms with Gasteiger partial charge in [0.1, 0.15) is 18.0 Å². The topological polar surface area (TPSA) is 61.5 Å². The van der Waals surface area contributed by atoms with Crippen molar-refractivity contribution in [3.8, 4) is 5.75 Å². The molecule has 1 aromatic rings. The lowest BCUT2D eigenvalue weighted by Gasteiger charge is -2.34. The van der Waals surface area contributed by atoms with E-state index in [2.05, 4.69) is 0 Å². The quantitative estimate of drug-likeness (QED) is 0.769. The Bertz CT molecular complexity index is 464. The summed E-state index contributed by atoms with van der Waals surface area (Å²) in [7, 11) is 0. The van der Waals surface area contributed by atoms with Crippen LogP contribution in [0.2, 0.25) is 0 Å². The maximum absolute atomic E-state index is 12.1. The number of carbonyl (C=O) groups is 1. The highest BCUT2D eigenvalue weighted by Crippen LogP contribution is 2.29. The van der Waals surface area contributed by atoms with Gasteiger partial charge in [-0.2, -0.15) is 0 Å². The third kappa shape index (κ3) is 2.64. The molecule has 18 heavy (non-hydrogen) atoms. The van der Waals surface area contributed by atoms with Crippen LogP contribution >= 0.6 is 0 Å². The Labute approximate surface area is 107 Å². The highest BCUT2D eigenvalue weighted by atomic mass is 16.6. The Morgan fingerprint density at radius 2 is 2.06 bits per heavy atom.